The number of nitrogens with two attached hydrogens (primary N) is 1. The van der Waals surface area contributed by atoms with E-state index in [9.17, 15) is 9.18 Å². The predicted molar refractivity (Wildman–Crippen MR) is 126 cm³/mol. The van der Waals surface area contributed by atoms with Gasteiger partial charge in [-0.1, -0.05) is 42.1 Å². The zero-order valence-electron chi connectivity index (χ0n) is 17.8. The van der Waals surface area contributed by atoms with E-state index in [1.807, 2.05) is 54.6 Å². The molecule has 0 saturated heterocycles. The summed E-state index contributed by atoms with van der Waals surface area (Å²) < 4.78 is 19.4. The summed E-state index contributed by atoms with van der Waals surface area (Å²) in [6.07, 6.45) is 9.38. The number of hydrogen-bond acceptors (Lipinski definition) is 3. The minimum atomic E-state index is -0.188. The second-order valence-corrected chi connectivity index (χ2v) is 7.92. The van der Waals surface area contributed by atoms with Gasteiger partial charge in [-0.25, -0.2) is 4.39 Å². The quantitative estimate of drug-likeness (QED) is 0.466. The Labute approximate surface area is 191 Å². The standard InChI is InChI=1S/C28H21FN2O2/c29-21-8-11-23(12-9-21)31-27(25-15-10-22(30)17-26(25)28(31)32)16-19-6-13-24(14-7-19)33-18-20-4-2-1-3-5-20/h1-6,8,10-11,13,15-17H,9,12,18,30H2/b27-16-. The molecule has 0 unspecified atom stereocenters. The van der Waals surface area contributed by atoms with Crippen LogP contribution in [0.5, 0.6) is 0 Å². The Morgan fingerprint density at radius 2 is 1.88 bits per heavy atom. The van der Waals surface area contributed by atoms with Gasteiger partial charge in [0.25, 0.3) is 5.91 Å². The molecule has 2 aromatic carbocycles. The van der Waals surface area contributed by atoms with Crippen molar-refractivity contribution in [3.63, 3.8) is 0 Å². The highest BCUT2D eigenvalue weighted by Crippen LogP contribution is 2.39. The number of hydrogen-bond donors (Lipinski definition) is 1. The van der Waals surface area contributed by atoms with E-state index in [-0.39, 0.29) is 18.2 Å². The molecule has 5 rings (SSSR count). The summed E-state index contributed by atoms with van der Waals surface area (Å²) >= 11 is 0. The Bertz CT molecular complexity index is 1370. The van der Waals surface area contributed by atoms with Crippen molar-refractivity contribution in [2.24, 2.45) is 0 Å². The minimum absolute atomic E-state index is 0.169. The summed E-state index contributed by atoms with van der Waals surface area (Å²) in [5, 5.41) is 0. The zero-order valence-corrected chi connectivity index (χ0v) is 17.8. The van der Waals surface area contributed by atoms with Crippen molar-refractivity contribution < 1.29 is 13.9 Å². The number of amides is 1. The molecule has 0 aromatic heterocycles. The Morgan fingerprint density at radius 3 is 2.61 bits per heavy atom. The van der Waals surface area contributed by atoms with E-state index in [2.05, 4.69) is 11.5 Å². The topological polar surface area (TPSA) is 55.6 Å². The molecule has 2 aromatic rings. The van der Waals surface area contributed by atoms with Crippen molar-refractivity contribution in [2.45, 2.75) is 19.4 Å². The van der Waals surface area contributed by atoms with Crippen LogP contribution in [0.4, 0.5) is 10.1 Å². The van der Waals surface area contributed by atoms with Gasteiger partial charge in [0.2, 0.25) is 0 Å². The first kappa shape index (κ1) is 20.6. The zero-order chi connectivity index (χ0) is 22.8. The molecule has 3 aliphatic rings. The fraction of sp³-hybridized carbons (Fsp3) is 0.107. The minimum Gasteiger partial charge on any atom is -0.481 e. The van der Waals surface area contributed by atoms with Gasteiger partial charge in [0.15, 0.2) is 5.76 Å². The van der Waals surface area contributed by atoms with Gasteiger partial charge < -0.3 is 10.5 Å². The van der Waals surface area contributed by atoms with Gasteiger partial charge in [0.05, 0.1) is 11.3 Å². The van der Waals surface area contributed by atoms with E-state index < -0.39 is 0 Å². The molecule has 2 N–H and O–H groups in total. The molecule has 0 fully saturated rings. The van der Waals surface area contributed by atoms with Crippen LogP contribution in [0.25, 0.3) is 5.70 Å². The molecule has 1 aliphatic heterocycles. The lowest BCUT2D eigenvalue weighted by atomic mass is 10.0. The van der Waals surface area contributed by atoms with Gasteiger partial charge in [-0.15, -0.1) is 0 Å². The fourth-order valence-electron chi connectivity index (χ4n) is 3.96. The summed E-state index contributed by atoms with van der Waals surface area (Å²) in [7, 11) is 0. The lowest BCUT2D eigenvalue weighted by Crippen LogP contribution is -2.23. The second kappa shape index (κ2) is 8.68. The maximum absolute atomic E-state index is 13.6. The summed E-state index contributed by atoms with van der Waals surface area (Å²) in [5.74, 6) is 0.230. The van der Waals surface area contributed by atoms with Crippen molar-refractivity contribution in [1.29, 1.82) is 0 Å². The van der Waals surface area contributed by atoms with Crippen LogP contribution < -0.4 is 5.73 Å². The molecule has 0 bridgehead atoms. The van der Waals surface area contributed by atoms with E-state index in [0.717, 1.165) is 22.4 Å². The molecule has 1 heterocycles. The predicted octanol–water partition coefficient (Wildman–Crippen LogP) is 5.95. The van der Waals surface area contributed by atoms with Crippen molar-refractivity contribution in [2.75, 3.05) is 5.73 Å². The molecule has 0 radical (unpaired) electrons. The van der Waals surface area contributed by atoms with Crippen LogP contribution >= 0.6 is 0 Å². The van der Waals surface area contributed by atoms with Crippen molar-refractivity contribution in [3.8, 4) is 0 Å². The Kier molecular flexibility index (Phi) is 5.42. The number of nitrogen functional groups attached to an aromatic ring is 1. The highest BCUT2D eigenvalue weighted by Gasteiger charge is 2.35. The molecule has 0 saturated carbocycles. The molecule has 2 aliphatic carbocycles. The molecule has 0 atom stereocenters. The van der Waals surface area contributed by atoms with Gasteiger partial charge in [-0.3, -0.25) is 9.69 Å². The van der Waals surface area contributed by atoms with Crippen molar-refractivity contribution >= 4 is 17.3 Å². The monoisotopic (exact) mass is 436 g/mol. The number of nitrogens with zero attached hydrogens (tertiary/aromatic N) is 1. The molecule has 33 heavy (non-hydrogen) atoms. The number of benzene rings is 2. The first-order valence-electron chi connectivity index (χ1n) is 10.7. The molecule has 1 amide bonds. The normalized spacial score (nSPS) is 18.0. The van der Waals surface area contributed by atoms with E-state index in [4.69, 9.17) is 10.5 Å². The van der Waals surface area contributed by atoms with Gasteiger partial charge in [-0.05, 0) is 60.2 Å². The van der Waals surface area contributed by atoms with Gasteiger partial charge in [-0.2, -0.15) is 0 Å². The Balaban J connectivity index is 1.50. The summed E-state index contributed by atoms with van der Waals surface area (Å²) in [4.78, 5) is 14.9. The van der Waals surface area contributed by atoms with E-state index in [0.29, 0.717) is 35.7 Å². The molecule has 5 heteroatoms. The number of halogens is 1. The smallest absolute Gasteiger partial charge is 0.263 e. The molecule has 162 valence electrons. The third-order valence-corrected chi connectivity index (χ3v) is 5.63. The number of allylic oxidation sites excluding steroid dienone is 8. The van der Waals surface area contributed by atoms with E-state index >= 15 is 0 Å². The van der Waals surface area contributed by atoms with Crippen LogP contribution in [0.3, 0.4) is 0 Å². The second-order valence-electron chi connectivity index (χ2n) is 7.92. The van der Waals surface area contributed by atoms with Gasteiger partial charge >= 0.3 is 0 Å². The van der Waals surface area contributed by atoms with Gasteiger partial charge in [0.1, 0.15) is 12.4 Å². The molecular weight excluding hydrogens is 415 g/mol. The summed E-state index contributed by atoms with van der Waals surface area (Å²) in [6.45, 7) is 0.445. The van der Waals surface area contributed by atoms with Crippen LogP contribution in [0.2, 0.25) is 0 Å². The third-order valence-electron chi connectivity index (χ3n) is 5.63. The van der Waals surface area contributed by atoms with Crippen LogP contribution in [0, 0.1) is 0 Å². The third kappa shape index (κ3) is 4.24. The fourth-order valence-corrected chi connectivity index (χ4v) is 3.96. The van der Waals surface area contributed by atoms with Crippen LogP contribution in [0.15, 0.2) is 113 Å². The SMILES string of the molecule is Nc1ccc2c(c1)C(=O)N(C1=CC=C(F)CC1)/C2=C\C1=C=C=C(OCc2ccccc2)C=C1. The Hall–Kier alpha value is -4.30. The highest BCUT2D eigenvalue weighted by molar-refractivity contribution is 6.11. The number of anilines is 1. The first-order chi connectivity index (χ1) is 16.1. The number of carbonyl (C=O) groups is 1. The van der Waals surface area contributed by atoms with E-state index in [1.165, 1.54) is 6.08 Å². The number of fused-ring (bicyclic) bond motifs is 1. The van der Waals surface area contributed by atoms with E-state index in [1.54, 1.807) is 23.1 Å². The largest absolute Gasteiger partial charge is 0.481 e. The highest BCUT2D eigenvalue weighted by atomic mass is 19.1. The van der Waals surface area contributed by atoms with Crippen LogP contribution in [-0.4, -0.2) is 10.8 Å². The average molecular weight is 436 g/mol. The first-order valence-corrected chi connectivity index (χ1v) is 10.7. The summed E-state index contributed by atoms with van der Waals surface area (Å²) in [5.41, 5.74) is 17.2. The van der Waals surface area contributed by atoms with Crippen LogP contribution in [0.1, 0.15) is 34.3 Å². The lowest BCUT2D eigenvalue weighted by molar-refractivity contribution is 0.0877. The maximum atomic E-state index is 13.6. The number of rotatable bonds is 5. The van der Waals surface area contributed by atoms with Gasteiger partial charge in [0, 0.05) is 28.9 Å². The maximum Gasteiger partial charge on any atom is 0.263 e. The molecule has 4 nitrogen and oxygen atoms in total. The lowest BCUT2D eigenvalue weighted by Gasteiger charge is -2.23. The average Bonchev–Trinajstić information content (AvgIpc) is 3.10. The van der Waals surface area contributed by atoms with Crippen molar-refractivity contribution in [3.05, 3.63) is 130 Å². The number of ether oxygens (including phenoxy) is 1. The number of carbonyl (C=O) groups excluding carboxylic acids is 1. The molecule has 0 spiro atoms. The van der Waals surface area contributed by atoms with Crippen molar-refractivity contribution in [1.82, 2.24) is 4.90 Å². The van der Waals surface area contributed by atoms with Crippen LogP contribution in [-0.2, 0) is 11.3 Å². The Morgan fingerprint density at radius 1 is 1.03 bits per heavy atom. The molecular formula is C28H21FN2O2. The summed E-state index contributed by atoms with van der Waals surface area (Å²) in [6, 6.07) is 15.2.